The van der Waals surface area contributed by atoms with Crippen LogP contribution in [0.2, 0.25) is 5.02 Å². The van der Waals surface area contributed by atoms with E-state index in [1.165, 1.54) is 0 Å². The van der Waals surface area contributed by atoms with Crippen LogP contribution in [0.5, 0.6) is 0 Å². The lowest BCUT2D eigenvalue weighted by molar-refractivity contribution is -0.259. The summed E-state index contributed by atoms with van der Waals surface area (Å²) in [5, 5.41) is 0.730. The zero-order chi connectivity index (χ0) is 11.8. The predicted octanol–water partition coefficient (Wildman–Crippen LogP) is 3.80. The summed E-state index contributed by atoms with van der Waals surface area (Å²) < 4.78 is 11.6. The van der Waals surface area contributed by atoms with E-state index in [0.29, 0.717) is 6.61 Å². The van der Waals surface area contributed by atoms with Crippen molar-refractivity contribution < 1.29 is 9.47 Å². The molecule has 1 saturated heterocycles. The molecule has 1 aliphatic rings. The maximum atomic E-state index is 5.86. The molecule has 0 N–H and O–H groups in total. The van der Waals surface area contributed by atoms with Crippen molar-refractivity contribution in [3.8, 4) is 0 Å². The van der Waals surface area contributed by atoms with E-state index in [0.717, 1.165) is 10.6 Å². The molecule has 0 amide bonds. The molecule has 16 heavy (non-hydrogen) atoms. The lowest BCUT2D eigenvalue weighted by Gasteiger charge is -2.40. The molecule has 1 aromatic rings. The molecule has 0 unspecified atom stereocenters. The molecule has 0 aliphatic carbocycles. The average Bonchev–Trinajstić information content (AvgIpc) is 2.24. The Morgan fingerprint density at radius 2 is 1.88 bits per heavy atom. The highest BCUT2D eigenvalue weighted by atomic mass is 35.5. The largest absolute Gasteiger partial charge is 0.348 e. The van der Waals surface area contributed by atoms with Crippen LogP contribution in [0, 0.1) is 5.41 Å². The van der Waals surface area contributed by atoms with Gasteiger partial charge in [-0.1, -0.05) is 37.6 Å². The Bertz CT molecular complexity index is 359. The quantitative estimate of drug-likeness (QED) is 0.743. The van der Waals surface area contributed by atoms with Gasteiger partial charge in [-0.25, -0.2) is 0 Å². The van der Waals surface area contributed by atoms with Crippen molar-refractivity contribution >= 4 is 11.6 Å². The van der Waals surface area contributed by atoms with E-state index in [1.807, 2.05) is 24.3 Å². The van der Waals surface area contributed by atoms with Gasteiger partial charge in [-0.15, -0.1) is 0 Å². The Balaban J connectivity index is 2.10. The van der Waals surface area contributed by atoms with Crippen molar-refractivity contribution in [1.82, 2.24) is 0 Å². The second-order valence-corrected chi connectivity index (χ2v) is 5.40. The van der Waals surface area contributed by atoms with Crippen LogP contribution in [0.3, 0.4) is 0 Å². The fraction of sp³-hybridized carbons (Fsp3) is 0.538. The van der Waals surface area contributed by atoms with Gasteiger partial charge in [0.15, 0.2) is 6.29 Å². The third-order valence-corrected chi connectivity index (χ3v) is 3.43. The Morgan fingerprint density at radius 1 is 1.25 bits per heavy atom. The van der Waals surface area contributed by atoms with E-state index in [4.69, 9.17) is 21.1 Å². The Hall–Kier alpha value is -0.570. The van der Waals surface area contributed by atoms with Gasteiger partial charge in [0.1, 0.15) is 0 Å². The van der Waals surface area contributed by atoms with Gasteiger partial charge in [-0.05, 0) is 19.1 Å². The van der Waals surface area contributed by atoms with E-state index < -0.39 is 0 Å². The molecule has 2 nitrogen and oxygen atoms in total. The van der Waals surface area contributed by atoms with Gasteiger partial charge < -0.3 is 9.47 Å². The molecule has 1 fully saturated rings. The topological polar surface area (TPSA) is 18.5 Å². The van der Waals surface area contributed by atoms with E-state index in [9.17, 15) is 0 Å². The predicted molar refractivity (Wildman–Crippen MR) is 64.5 cm³/mol. The SMILES string of the molecule is C[C@@H]1O[C@@H](c2ccc(Cl)cc2)OCC1(C)C. The molecule has 1 aliphatic heterocycles. The van der Waals surface area contributed by atoms with Gasteiger partial charge in [0.05, 0.1) is 12.7 Å². The highest BCUT2D eigenvalue weighted by Crippen LogP contribution is 2.36. The molecule has 0 aromatic heterocycles. The van der Waals surface area contributed by atoms with Crippen molar-refractivity contribution in [2.75, 3.05) is 6.61 Å². The molecule has 0 radical (unpaired) electrons. The van der Waals surface area contributed by atoms with Crippen LogP contribution in [0.25, 0.3) is 0 Å². The Kier molecular flexibility index (Phi) is 3.24. The molecule has 1 heterocycles. The van der Waals surface area contributed by atoms with Gasteiger partial charge in [-0.2, -0.15) is 0 Å². The van der Waals surface area contributed by atoms with Gasteiger partial charge in [0, 0.05) is 16.0 Å². The molecule has 2 rings (SSSR count). The molecule has 0 saturated carbocycles. The number of benzene rings is 1. The minimum absolute atomic E-state index is 0.0723. The maximum absolute atomic E-state index is 5.86. The first-order valence-electron chi connectivity index (χ1n) is 5.51. The summed E-state index contributed by atoms with van der Waals surface area (Å²) in [6.07, 6.45) is -0.0813. The first-order valence-corrected chi connectivity index (χ1v) is 5.89. The van der Waals surface area contributed by atoms with Gasteiger partial charge in [0.2, 0.25) is 0 Å². The average molecular weight is 241 g/mol. The molecule has 0 spiro atoms. The highest BCUT2D eigenvalue weighted by molar-refractivity contribution is 6.30. The fourth-order valence-corrected chi connectivity index (χ4v) is 1.74. The molecule has 0 bridgehead atoms. The van der Waals surface area contributed by atoms with Crippen LogP contribution in [0.15, 0.2) is 24.3 Å². The second-order valence-electron chi connectivity index (χ2n) is 4.96. The maximum Gasteiger partial charge on any atom is 0.184 e. The smallest absolute Gasteiger partial charge is 0.184 e. The molecule has 2 atom stereocenters. The summed E-state index contributed by atoms with van der Waals surface area (Å²) in [4.78, 5) is 0. The van der Waals surface area contributed by atoms with Crippen LogP contribution >= 0.6 is 11.6 Å². The number of rotatable bonds is 1. The van der Waals surface area contributed by atoms with Crippen molar-refractivity contribution in [2.24, 2.45) is 5.41 Å². The third-order valence-electron chi connectivity index (χ3n) is 3.18. The lowest BCUT2D eigenvalue weighted by Crippen LogP contribution is -2.40. The standard InChI is InChI=1S/C13H17ClO2/c1-9-13(2,3)8-15-12(16-9)10-4-6-11(14)7-5-10/h4-7,9,12H,8H2,1-3H3/t9-,12-/m0/s1. The first kappa shape index (κ1) is 11.9. The van der Waals surface area contributed by atoms with Crippen molar-refractivity contribution in [3.05, 3.63) is 34.9 Å². The fourth-order valence-electron chi connectivity index (χ4n) is 1.61. The monoisotopic (exact) mass is 240 g/mol. The van der Waals surface area contributed by atoms with Gasteiger partial charge in [-0.3, -0.25) is 0 Å². The molecule has 3 heteroatoms. The van der Waals surface area contributed by atoms with Crippen molar-refractivity contribution in [1.29, 1.82) is 0 Å². The van der Waals surface area contributed by atoms with E-state index in [1.54, 1.807) is 0 Å². The zero-order valence-electron chi connectivity index (χ0n) is 9.87. The number of halogens is 1. The van der Waals surface area contributed by atoms with Crippen LogP contribution in [-0.4, -0.2) is 12.7 Å². The summed E-state index contributed by atoms with van der Waals surface area (Å²) in [6.45, 7) is 7.10. The van der Waals surface area contributed by atoms with Crippen LogP contribution in [-0.2, 0) is 9.47 Å². The lowest BCUT2D eigenvalue weighted by atomic mass is 9.87. The third kappa shape index (κ3) is 2.40. The van der Waals surface area contributed by atoms with E-state index in [2.05, 4.69) is 20.8 Å². The summed E-state index contributed by atoms with van der Waals surface area (Å²) in [5.41, 5.74) is 1.09. The van der Waals surface area contributed by atoms with Crippen LogP contribution < -0.4 is 0 Å². The first-order chi connectivity index (χ1) is 7.49. The Morgan fingerprint density at radius 3 is 2.44 bits per heavy atom. The molecular formula is C13H17ClO2. The zero-order valence-corrected chi connectivity index (χ0v) is 10.6. The summed E-state index contributed by atoms with van der Waals surface area (Å²) >= 11 is 5.84. The van der Waals surface area contributed by atoms with Crippen molar-refractivity contribution in [2.45, 2.75) is 33.2 Å². The number of hydrogen-bond acceptors (Lipinski definition) is 2. The molecule has 88 valence electrons. The van der Waals surface area contributed by atoms with Crippen molar-refractivity contribution in [3.63, 3.8) is 0 Å². The number of ether oxygens (including phenoxy) is 2. The molecular weight excluding hydrogens is 224 g/mol. The highest BCUT2D eigenvalue weighted by Gasteiger charge is 2.35. The van der Waals surface area contributed by atoms with Gasteiger partial charge >= 0.3 is 0 Å². The minimum atomic E-state index is -0.264. The van der Waals surface area contributed by atoms with E-state index in [-0.39, 0.29) is 17.8 Å². The van der Waals surface area contributed by atoms with Crippen LogP contribution in [0.1, 0.15) is 32.6 Å². The van der Waals surface area contributed by atoms with Gasteiger partial charge in [0.25, 0.3) is 0 Å². The van der Waals surface area contributed by atoms with E-state index >= 15 is 0 Å². The molecule has 1 aromatic carbocycles. The summed E-state index contributed by atoms with van der Waals surface area (Å²) in [5.74, 6) is 0. The normalized spacial score (nSPS) is 29.0. The summed E-state index contributed by atoms with van der Waals surface area (Å²) in [6, 6.07) is 7.60. The summed E-state index contributed by atoms with van der Waals surface area (Å²) in [7, 11) is 0. The number of hydrogen-bond donors (Lipinski definition) is 0. The Labute approximate surface area is 102 Å². The second kappa shape index (κ2) is 4.36. The van der Waals surface area contributed by atoms with Crippen LogP contribution in [0.4, 0.5) is 0 Å². The minimum Gasteiger partial charge on any atom is -0.348 e.